The zero-order valence-corrected chi connectivity index (χ0v) is 10.9. The maximum absolute atomic E-state index is 5.72. The Labute approximate surface area is 108 Å². The highest BCUT2D eigenvalue weighted by Crippen LogP contribution is 2.18. The van der Waals surface area contributed by atoms with E-state index in [1.165, 1.54) is 11.1 Å². The summed E-state index contributed by atoms with van der Waals surface area (Å²) in [6.07, 6.45) is 1.68. The van der Waals surface area contributed by atoms with Gasteiger partial charge in [-0.2, -0.15) is 0 Å². The van der Waals surface area contributed by atoms with Crippen molar-refractivity contribution in [2.24, 2.45) is 0 Å². The van der Waals surface area contributed by atoms with Gasteiger partial charge in [-0.25, -0.2) is 0 Å². The predicted molar refractivity (Wildman–Crippen MR) is 71.8 cm³/mol. The fourth-order valence-electron chi connectivity index (χ4n) is 1.82. The number of benzene rings is 1. The lowest BCUT2D eigenvalue weighted by Crippen LogP contribution is -2.20. The fourth-order valence-corrected chi connectivity index (χ4v) is 1.82. The Morgan fingerprint density at radius 3 is 2.83 bits per heavy atom. The largest absolute Gasteiger partial charge is 0.492 e. The molecular weight excluding hydrogens is 226 g/mol. The second-order valence-corrected chi connectivity index (χ2v) is 4.37. The molecule has 0 atom stereocenters. The van der Waals surface area contributed by atoms with Crippen molar-refractivity contribution in [1.82, 2.24) is 5.32 Å². The molecule has 0 aliphatic carbocycles. The van der Waals surface area contributed by atoms with Crippen LogP contribution in [0.5, 0.6) is 5.75 Å². The highest BCUT2D eigenvalue weighted by atomic mass is 16.5. The smallest absolute Gasteiger partial charge is 0.122 e. The number of aryl methyl sites for hydroxylation is 2. The van der Waals surface area contributed by atoms with Gasteiger partial charge < -0.3 is 14.5 Å². The number of ether oxygens (including phenoxy) is 1. The number of nitrogens with one attached hydrogen (secondary N) is 1. The summed E-state index contributed by atoms with van der Waals surface area (Å²) in [7, 11) is 0. The zero-order valence-electron chi connectivity index (χ0n) is 10.9. The van der Waals surface area contributed by atoms with E-state index in [1.807, 2.05) is 18.2 Å². The molecule has 0 aliphatic rings. The Morgan fingerprint density at radius 2 is 2.11 bits per heavy atom. The molecule has 0 amide bonds. The van der Waals surface area contributed by atoms with Gasteiger partial charge in [-0.3, -0.25) is 0 Å². The van der Waals surface area contributed by atoms with Gasteiger partial charge in [-0.1, -0.05) is 17.7 Å². The molecule has 18 heavy (non-hydrogen) atoms. The summed E-state index contributed by atoms with van der Waals surface area (Å²) in [6.45, 7) is 6.35. The van der Waals surface area contributed by atoms with Crippen molar-refractivity contribution in [3.63, 3.8) is 0 Å². The number of furan rings is 1. The molecule has 0 unspecified atom stereocenters. The van der Waals surface area contributed by atoms with E-state index in [0.717, 1.165) is 24.6 Å². The van der Waals surface area contributed by atoms with Gasteiger partial charge >= 0.3 is 0 Å². The van der Waals surface area contributed by atoms with Gasteiger partial charge in [0.1, 0.15) is 18.1 Å². The van der Waals surface area contributed by atoms with E-state index in [1.54, 1.807) is 6.26 Å². The molecule has 1 aromatic heterocycles. The maximum atomic E-state index is 5.72. The van der Waals surface area contributed by atoms with Crippen LogP contribution in [0.3, 0.4) is 0 Å². The van der Waals surface area contributed by atoms with E-state index in [4.69, 9.17) is 9.15 Å². The molecular formula is C15H19NO2. The molecule has 2 aromatic rings. The quantitative estimate of drug-likeness (QED) is 0.794. The lowest BCUT2D eigenvalue weighted by Gasteiger charge is -2.10. The Hall–Kier alpha value is -1.74. The van der Waals surface area contributed by atoms with Gasteiger partial charge in [0.2, 0.25) is 0 Å². The summed E-state index contributed by atoms with van der Waals surface area (Å²) >= 11 is 0. The predicted octanol–water partition coefficient (Wildman–Crippen LogP) is 3.07. The molecule has 3 nitrogen and oxygen atoms in total. The van der Waals surface area contributed by atoms with E-state index in [-0.39, 0.29) is 0 Å². The molecule has 1 aromatic carbocycles. The summed E-state index contributed by atoms with van der Waals surface area (Å²) in [5.41, 5.74) is 2.44. The molecule has 3 heteroatoms. The van der Waals surface area contributed by atoms with Crippen LogP contribution in [0.15, 0.2) is 41.0 Å². The second kappa shape index (κ2) is 6.26. The summed E-state index contributed by atoms with van der Waals surface area (Å²) in [5.74, 6) is 1.90. The van der Waals surface area contributed by atoms with Crippen molar-refractivity contribution >= 4 is 0 Å². The molecule has 96 valence electrons. The number of hydrogen-bond donors (Lipinski definition) is 1. The minimum absolute atomic E-state index is 0.657. The minimum atomic E-state index is 0.657. The SMILES string of the molecule is Cc1ccc(OCCNCc2ccco2)c(C)c1. The molecule has 0 saturated carbocycles. The monoisotopic (exact) mass is 245 g/mol. The van der Waals surface area contributed by atoms with Gasteiger partial charge in [-0.15, -0.1) is 0 Å². The van der Waals surface area contributed by atoms with Crippen molar-refractivity contribution in [3.8, 4) is 5.75 Å². The molecule has 0 radical (unpaired) electrons. The summed E-state index contributed by atoms with van der Waals surface area (Å²) in [4.78, 5) is 0. The maximum Gasteiger partial charge on any atom is 0.122 e. The molecule has 0 bridgehead atoms. The Bertz CT molecular complexity index is 477. The first-order valence-corrected chi connectivity index (χ1v) is 6.19. The first-order chi connectivity index (χ1) is 8.75. The van der Waals surface area contributed by atoms with Crippen molar-refractivity contribution in [1.29, 1.82) is 0 Å². The van der Waals surface area contributed by atoms with Crippen LogP contribution in [0.1, 0.15) is 16.9 Å². The van der Waals surface area contributed by atoms with Crippen molar-refractivity contribution in [3.05, 3.63) is 53.5 Å². The van der Waals surface area contributed by atoms with Crippen LogP contribution in [-0.2, 0) is 6.54 Å². The third kappa shape index (κ3) is 3.64. The van der Waals surface area contributed by atoms with Crippen molar-refractivity contribution < 1.29 is 9.15 Å². The molecule has 2 rings (SSSR count). The van der Waals surface area contributed by atoms with Crippen molar-refractivity contribution in [2.75, 3.05) is 13.2 Å². The van der Waals surface area contributed by atoms with Crippen LogP contribution in [0.2, 0.25) is 0 Å². The zero-order chi connectivity index (χ0) is 12.8. The highest BCUT2D eigenvalue weighted by molar-refractivity contribution is 5.35. The average molecular weight is 245 g/mol. The Kier molecular flexibility index (Phi) is 4.42. The van der Waals surface area contributed by atoms with E-state index >= 15 is 0 Å². The van der Waals surface area contributed by atoms with Crippen LogP contribution >= 0.6 is 0 Å². The average Bonchev–Trinajstić information content (AvgIpc) is 2.84. The van der Waals surface area contributed by atoms with Crippen LogP contribution < -0.4 is 10.1 Å². The lowest BCUT2D eigenvalue weighted by atomic mass is 10.1. The van der Waals surface area contributed by atoms with Gasteiger partial charge in [0.15, 0.2) is 0 Å². The molecule has 1 N–H and O–H groups in total. The first-order valence-electron chi connectivity index (χ1n) is 6.19. The summed E-state index contributed by atoms with van der Waals surface area (Å²) < 4.78 is 10.9. The fraction of sp³-hybridized carbons (Fsp3) is 0.333. The van der Waals surface area contributed by atoms with Crippen LogP contribution in [0.4, 0.5) is 0 Å². The topological polar surface area (TPSA) is 34.4 Å². The highest BCUT2D eigenvalue weighted by Gasteiger charge is 1.99. The van der Waals surface area contributed by atoms with Crippen LogP contribution in [0, 0.1) is 13.8 Å². The molecule has 0 fully saturated rings. The Balaban J connectivity index is 1.69. The van der Waals surface area contributed by atoms with Gasteiger partial charge in [0.25, 0.3) is 0 Å². The number of rotatable bonds is 6. The van der Waals surface area contributed by atoms with Crippen molar-refractivity contribution in [2.45, 2.75) is 20.4 Å². The molecule has 0 spiro atoms. The van der Waals surface area contributed by atoms with Crippen LogP contribution in [0.25, 0.3) is 0 Å². The minimum Gasteiger partial charge on any atom is -0.492 e. The van der Waals surface area contributed by atoms with Gasteiger partial charge in [0.05, 0.1) is 12.8 Å². The standard InChI is InChI=1S/C15H19NO2/c1-12-5-6-15(13(2)10-12)18-9-7-16-11-14-4-3-8-17-14/h3-6,8,10,16H,7,9,11H2,1-2H3. The second-order valence-electron chi connectivity index (χ2n) is 4.37. The molecule has 0 saturated heterocycles. The third-order valence-electron chi connectivity index (χ3n) is 2.75. The lowest BCUT2D eigenvalue weighted by molar-refractivity contribution is 0.309. The third-order valence-corrected chi connectivity index (χ3v) is 2.75. The van der Waals surface area contributed by atoms with Gasteiger partial charge in [-0.05, 0) is 37.6 Å². The molecule has 1 heterocycles. The normalized spacial score (nSPS) is 10.6. The van der Waals surface area contributed by atoms with E-state index < -0.39 is 0 Å². The van der Waals surface area contributed by atoms with Gasteiger partial charge in [0, 0.05) is 6.54 Å². The van der Waals surface area contributed by atoms with Crippen LogP contribution in [-0.4, -0.2) is 13.2 Å². The first kappa shape index (κ1) is 12.7. The van der Waals surface area contributed by atoms with E-state index in [9.17, 15) is 0 Å². The van der Waals surface area contributed by atoms with E-state index in [2.05, 4.69) is 31.3 Å². The molecule has 0 aliphatic heterocycles. The summed E-state index contributed by atoms with van der Waals surface area (Å²) in [6, 6.07) is 10.1. The number of hydrogen-bond acceptors (Lipinski definition) is 3. The Morgan fingerprint density at radius 1 is 1.22 bits per heavy atom. The van der Waals surface area contributed by atoms with E-state index in [0.29, 0.717) is 6.61 Å². The summed E-state index contributed by atoms with van der Waals surface area (Å²) in [5, 5.41) is 3.27.